The summed E-state index contributed by atoms with van der Waals surface area (Å²) in [5, 5.41) is 2.99. The average Bonchev–Trinajstić information content (AvgIpc) is 2.73. The fourth-order valence-electron chi connectivity index (χ4n) is 3.84. The molecular weight excluding hydrogens is 342 g/mol. The maximum absolute atomic E-state index is 12.4. The van der Waals surface area contributed by atoms with Crippen LogP contribution in [0.5, 0.6) is 0 Å². The Morgan fingerprint density at radius 1 is 1.04 bits per heavy atom. The zero-order valence-electron chi connectivity index (χ0n) is 16.3. The lowest BCUT2D eigenvalue weighted by molar-refractivity contribution is -0.149. The molecule has 27 heavy (non-hydrogen) atoms. The van der Waals surface area contributed by atoms with Crippen LogP contribution < -0.4 is 10.2 Å². The first-order valence-corrected chi connectivity index (χ1v) is 10.2. The van der Waals surface area contributed by atoms with Crippen molar-refractivity contribution in [1.29, 1.82) is 0 Å². The van der Waals surface area contributed by atoms with Gasteiger partial charge in [-0.15, -0.1) is 0 Å². The summed E-state index contributed by atoms with van der Waals surface area (Å²) in [5.41, 5.74) is 2.37. The Bertz CT molecular complexity index is 618. The van der Waals surface area contributed by atoms with Crippen molar-refractivity contribution in [2.45, 2.75) is 45.6 Å². The molecule has 0 aliphatic carbocycles. The maximum Gasteiger partial charge on any atom is 0.317 e. The van der Waals surface area contributed by atoms with Gasteiger partial charge in [-0.05, 0) is 56.7 Å². The summed E-state index contributed by atoms with van der Waals surface area (Å²) in [6, 6.07) is 8.43. The van der Waals surface area contributed by atoms with Gasteiger partial charge < -0.3 is 19.9 Å². The van der Waals surface area contributed by atoms with Crippen molar-refractivity contribution in [1.82, 2.24) is 10.2 Å². The molecule has 2 aliphatic rings. The third-order valence-corrected chi connectivity index (χ3v) is 5.50. The molecule has 1 aromatic carbocycles. The summed E-state index contributed by atoms with van der Waals surface area (Å²) in [7, 11) is 0. The Morgan fingerprint density at radius 3 is 2.33 bits per heavy atom. The standard InChI is InChI=1S/C21H31N3O3/c1-2-27-20(25)18-10-14-24(15-11-18)21(26)22-16-17-6-8-19(9-7-17)23-12-4-3-5-13-23/h6-9,18H,2-5,10-16H2,1H3,(H,22,26). The minimum Gasteiger partial charge on any atom is -0.466 e. The molecule has 6 nitrogen and oxygen atoms in total. The number of ether oxygens (including phenoxy) is 1. The van der Waals surface area contributed by atoms with E-state index >= 15 is 0 Å². The van der Waals surface area contributed by atoms with Crippen LogP contribution in [0, 0.1) is 5.92 Å². The number of piperidine rings is 2. The summed E-state index contributed by atoms with van der Waals surface area (Å²) in [4.78, 5) is 28.4. The first-order valence-electron chi connectivity index (χ1n) is 10.2. The van der Waals surface area contributed by atoms with Gasteiger partial charge in [0.05, 0.1) is 12.5 Å². The maximum atomic E-state index is 12.4. The molecule has 0 radical (unpaired) electrons. The number of nitrogens with one attached hydrogen (secondary N) is 1. The van der Waals surface area contributed by atoms with Crippen molar-refractivity contribution >= 4 is 17.7 Å². The number of hydrogen-bond acceptors (Lipinski definition) is 4. The molecule has 3 rings (SSSR count). The lowest BCUT2D eigenvalue weighted by atomic mass is 9.97. The number of rotatable bonds is 5. The number of esters is 1. The lowest BCUT2D eigenvalue weighted by Gasteiger charge is -2.31. The molecule has 0 atom stereocenters. The van der Waals surface area contributed by atoms with Crippen LogP contribution in [-0.4, -0.2) is 49.7 Å². The molecule has 2 saturated heterocycles. The highest BCUT2D eigenvalue weighted by Gasteiger charge is 2.28. The van der Waals surface area contributed by atoms with E-state index in [1.54, 1.807) is 4.90 Å². The minimum absolute atomic E-state index is 0.0579. The number of carbonyl (C=O) groups excluding carboxylic acids is 2. The monoisotopic (exact) mass is 373 g/mol. The van der Waals surface area contributed by atoms with E-state index in [1.807, 2.05) is 6.92 Å². The van der Waals surface area contributed by atoms with Gasteiger partial charge in [-0.3, -0.25) is 4.79 Å². The molecule has 148 valence electrons. The van der Waals surface area contributed by atoms with E-state index in [9.17, 15) is 9.59 Å². The van der Waals surface area contributed by atoms with Gasteiger partial charge in [0.2, 0.25) is 0 Å². The first kappa shape index (κ1) is 19.5. The Labute approximate surface area is 161 Å². The zero-order chi connectivity index (χ0) is 19.1. The molecule has 2 aliphatic heterocycles. The molecule has 0 bridgehead atoms. The van der Waals surface area contributed by atoms with Crippen molar-refractivity contribution in [2.24, 2.45) is 5.92 Å². The number of likely N-dealkylation sites (tertiary alicyclic amines) is 1. The molecule has 2 amide bonds. The van der Waals surface area contributed by atoms with E-state index in [1.165, 1.54) is 24.9 Å². The van der Waals surface area contributed by atoms with Crippen LogP contribution in [0.25, 0.3) is 0 Å². The molecule has 0 aromatic heterocycles. The van der Waals surface area contributed by atoms with E-state index in [0.29, 0.717) is 39.1 Å². The van der Waals surface area contributed by atoms with E-state index in [0.717, 1.165) is 18.7 Å². The molecule has 0 spiro atoms. The van der Waals surface area contributed by atoms with E-state index in [-0.39, 0.29) is 17.9 Å². The molecular formula is C21H31N3O3. The van der Waals surface area contributed by atoms with Gasteiger partial charge in [0.1, 0.15) is 0 Å². The van der Waals surface area contributed by atoms with Gasteiger partial charge in [0.25, 0.3) is 0 Å². The number of nitrogens with zero attached hydrogens (tertiary/aromatic N) is 2. The molecule has 2 heterocycles. The molecule has 1 N–H and O–H groups in total. The van der Waals surface area contributed by atoms with Gasteiger partial charge in [-0.25, -0.2) is 4.79 Å². The molecule has 0 unspecified atom stereocenters. The summed E-state index contributed by atoms with van der Waals surface area (Å²) >= 11 is 0. The predicted octanol–water partition coefficient (Wildman–Crippen LogP) is 3.16. The highest BCUT2D eigenvalue weighted by atomic mass is 16.5. The average molecular weight is 373 g/mol. The summed E-state index contributed by atoms with van der Waals surface area (Å²) in [5.74, 6) is -0.206. The number of carbonyl (C=O) groups is 2. The molecule has 6 heteroatoms. The van der Waals surface area contributed by atoms with Gasteiger partial charge in [-0.2, -0.15) is 0 Å². The number of urea groups is 1. The second kappa shape index (κ2) is 9.62. The Hall–Kier alpha value is -2.24. The lowest BCUT2D eigenvalue weighted by Crippen LogP contribution is -2.45. The van der Waals surface area contributed by atoms with Crippen LogP contribution in [-0.2, 0) is 16.1 Å². The predicted molar refractivity (Wildman–Crippen MR) is 106 cm³/mol. The fraction of sp³-hybridized carbons (Fsp3) is 0.619. The first-order chi connectivity index (χ1) is 13.2. The summed E-state index contributed by atoms with van der Waals surface area (Å²) in [6.07, 6.45) is 5.22. The highest BCUT2D eigenvalue weighted by molar-refractivity contribution is 5.76. The van der Waals surface area contributed by atoms with Crippen molar-refractivity contribution in [2.75, 3.05) is 37.7 Å². The quantitative estimate of drug-likeness (QED) is 0.806. The van der Waals surface area contributed by atoms with Crippen molar-refractivity contribution in [3.63, 3.8) is 0 Å². The van der Waals surface area contributed by atoms with Gasteiger partial charge in [-0.1, -0.05) is 12.1 Å². The highest BCUT2D eigenvalue weighted by Crippen LogP contribution is 2.21. The van der Waals surface area contributed by atoms with Crippen LogP contribution in [0.1, 0.15) is 44.6 Å². The Balaban J connectivity index is 1.42. The second-order valence-electron chi connectivity index (χ2n) is 7.39. The topological polar surface area (TPSA) is 61.9 Å². The minimum atomic E-state index is -0.133. The van der Waals surface area contributed by atoms with E-state index in [2.05, 4.69) is 34.5 Å². The van der Waals surface area contributed by atoms with Gasteiger partial charge in [0.15, 0.2) is 0 Å². The van der Waals surface area contributed by atoms with Crippen LogP contribution in [0.3, 0.4) is 0 Å². The van der Waals surface area contributed by atoms with Gasteiger partial charge in [0, 0.05) is 38.4 Å². The summed E-state index contributed by atoms with van der Waals surface area (Å²) in [6.45, 7) is 6.23. The zero-order valence-corrected chi connectivity index (χ0v) is 16.3. The van der Waals surface area contributed by atoms with Crippen LogP contribution in [0.15, 0.2) is 24.3 Å². The van der Waals surface area contributed by atoms with E-state index in [4.69, 9.17) is 4.74 Å². The number of amides is 2. The smallest absolute Gasteiger partial charge is 0.317 e. The van der Waals surface area contributed by atoms with Crippen LogP contribution in [0.4, 0.5) is 10.5 Å². The van der Waals surface area contributed by atoms with Crippen LogP contribution in [0.2, 0.25) is 0 Å². The normalized spacial score (nSPS) is 18.3. The number of benzene rings is 1. The van der Waals surface area contributed by atoms with Crippen molar-refractivity contribution < 1.29 is 14.3 Å². The van der Waals surface area contributed by atoms with Crippen molar-refractivity contribution in [3.05, 3.63) is 29.8 Å². The molecule has 1 aromatic rings. The van der Waals surface area contributed by atoms with Gasteiger partial charge >= 0.3 is 12.0 Å². The fourth-order valence-corrected chi connectivity index (χ4v) is 3.84. The number of hydrogen-bond donors (Lipinski definition) is 1. The Morgan fingerprint density at radius 2 is 1.70 bits per heavy atom. The Kier molecular flexibility index (Phi) is 6.96. The van der Waals surface area contributed by atoms with E-state index < -0.39 is 0 Å². The third kappa shape index (κ3) is 5.37. The SMILES string of the molecule is CCOC(=O)C1CCN(C(=O)NCc2ccc(N3CCCCC3)cc2)CC1. The largest absolute Gasteiger partial charge is 0.466 e. The van der Waals surface area contributed by atoms with Crippen LogP contribution >= 0.6 is 0 Å². The third-order valence-electron chi connectivity index (χ3n) is 5.50. The molecule has 2 fully saturated rings. The molecule has 0 saturated carbocycles. The summed E-state index contributed by atoms with van der Waals surface area (Å²) < 4.78 is 5.07. The van der Waals surface area contributed by atoms with Crippen molar-refractivity contribution in [3.8, 4) is 0 Å². The number of anilines is 1. The second-order valence-corrected chi connectivity index (χ2v) is 7.39.